The van der Waals surface area contributed by atoms with Crippen molar-refractivity contribution in [2.24, 2.45) is 0 Å². The number of aromatic nitrogens is 1. The molecule has 0 aromatic carbocycles. The zero-order valence-electron chi connectivity index (χ0n) is 7.23. The van der Waals surface area contributed by atoms with Crippen LogP contribution in [-0.4, -0.2) is 14.7 Å². The number of anilines is 1. The summed E-state index contributed by atoms with van der Waals surface area (Å²) in [6.07, 6.45) is 1.53. The Morgan fingerprint density at radius 3 is 2.27 bits per heavy atom. The molecule has 0 atom stereocenters. The van der Waals surface area contributed by atoms with Crippen molar-refractivity contribution in [3.05, 3.63) is 28.4 Å². The van der Waals surface area contributed by atoms with Gasteiger partial charge in [-0.25, -0.2) is 4.98 Å². The Labute approximate surface area is 83.6 Å². The zero-order chi connectivity index (χ0) is 12.1. The molecular weight excluding hydrogens is 229 g/mol. The van der Waals surface area contributed by atoms with E-state index >= 15 is 0 Å². The normalized spacial score (nSPS) is 10.1. The van der Waals surface area contributed by atoms with Gasteiger partial charge in [0.05, 0.1) is 11.1 Å². The molecule has 0 unspecified atom stereocenters. The van der Waals surface area contributed by atoms with Gasteiger partial charge >= 0.3 is 11.5 Å². The standard InChI is InChI=1S/C5H5N3O2.H3O4P/c6-5-4(8(9)10)2-1-3-7-5;1-5(2,3)4/h1-3H,(H2,6,7);(H3,1,2,3,4). The van der Waals surface area contributed by atoms with Crippen molar-refractivity contribution in [1.82, 2.24) is 0 Å². The van der Waals surface area contributed by atoms with Gasteiger partial charge in [0.15, 0.2) is 0 Å². The second kappa shape index (κ2) is 5.37. The maximum absolute atomic E-state index is 10.1. The zero-order valence-corrected chi connectivity index (χ0v) is 8.13. The minimum atomic E-state index is -4.89. The fraction of sp³-hybridized carbons (Fsp3) is 0. The van der Waals surface area contributed by atoms with Crippen LogP contribution in [0, 0.1) is 10.1 Å². The van der Waals surface area contributed by atoms with E-state index in [1.54, 1.807) is 0 Å². The number of nitrogen functional groups attached to an aromatic ring is 1. The molecule has 1 aromatic rings. The van der Waals surface area contributed by atoms with E-state index in [1.165, 1.54) is 18.3 Å². The van der Waals surface area contributed by atoms with E-state index in [1.807, 2.05) is 0 Å². The molecule has 0 radical (unpaired) electrons. The molecule has 5 N–H and O–H groups in total. The first-order valence-electron chi connectivity index (χ1n) is 3.39. The number of nitrogens with one attached hydrogen (secondary N) is 1. The maximum Gasteiger partial charge on any atom is 0.357 e. The molecule has 0 bridgehead atoms. The lowest BCUT2D eigenvalue weighted by atomic mass is 10.4. The fourth-order valence-corrected chi connectivity index (χ4v) is 0.600. The lowest BCUT2D eigenvalue weighted by Gasteiger charge is -2.01. The number of pyridine rings is 1. The third-order valence-electron chi connectivity index (χ3n) is 1.06. The van der Waals surface area contributed by atoms with E-state index in [-0.39, 0.29) is 11.5 Å². The molecule has 0 saturated heterocycles. The number of aromatic amines is 1. The number of hydrogen-bond donors (Lipinski definition) is 3. The Bertz CT molecular complexity index is 382. The summed E-state index contributed by atoms with van der Waals surface area (Å²) in [4.78, 5) is 35.0. The molecule has 0 fully saturated rings. The fourth-order valence-electron chi connectivity index (χ4n) is 0.600. The molecule has 84 valence electrons. The first-order chi connectivity index (χ1) is 6.72. The van der Waals surface area contributed by atoms with E-state index in [2.05, 4.69) is 4.98 Å². The van der Waals surface area contributed by atoms with Crippen LogP contribution in [0.25, 0.3) is 0 Å². The van der Waals surface area contributed by atoms with Gasteiger partial charge < -0.3 is 14.7 Å². The van der Waals surface area contributed by atoms with Crippen LogP contribution in [0.2, 0.25) is 0 Å². The Hall–Kier alpha value is -1.54. The number of rotatable bonds is 1. The molecule has 0 saturated carbocycles. The third kappa shape index (κ3) is 7.52. The molecule has 1 aromatic heterocycles. The molecule has 0 amide bonds. The maximum atomic E-state index is 10.1. The highest BCUT2D eigenvalue weighted by Gasteiger charge is 2.14. The smallest absolute Gasteiger partial charge is 0.357 e. The van der Waals surface area contributed by atoms with Gasteiger partial charge in [-0.15, -0.1) is 0 Å². The first-order valence-corrected chi connectivity index (χ1v) is 4.92. The van der Waals surface area contributed by atoms with Crippen molar-refractivity contribution >= 4 is 19.3 Å². The summed E-state index contributed by atoms with van der Waals surface area (Å²) in [6.45, 7) is 0. The molecule has 10 heteroatoms. The predicted octanol–water partition coefficient (Wildman–Crippen LogP) is -1.57. The van der Waals surface area contributed by atoms with Crippen LogP contribution in [0.3, 0.4) is 0 Å². The van der Waals surface area contributed by atoms with Crippen molar-refractivity contribution in [2.75, 3.05) is 5.73 Å². The van der Waals surface area contributed by atoms with Crippen LogP contribution < -0.4 is 15.6 Å². The number of H-pyrrole nitrogens is 1. The topological polar surface area (TPSA) is 164 Å². The number of nitrogens with two attached hydrogens (primary N) is 1. The minimum absolute atomic E-state index is 0.0764. The van der Waals surface area contributed by atoms with Gasteiger partial charge in [0.1, 0.15) is 0 Å². The minimum Gasteiger partial charge on any atom is -0.756 e. The summed E-state index contributed by atoms with van der Waals surface area (Å²) in [5.41, 5.74) is 5.13. The lowest BCUT2D eigenvalue weighted by molar-refractivity contribution is -0.409. The van der Waals surface area contributed by atoms with Crippen LogP contribution in [0.5, 0.6) is 0 Å². The average molecular weight is 237 g/mol. The van der Waals surface area contributed by atoms with Gasteiger partial charge in [0, 0.05) is 6.07 Å². The highest BCUT2D eigenvalue weighted by molar-refractivity contribution is 7.43. The van der Waals surface area contributed by atoms with Gasteiger partial charge in [-0.05, 0) is 6.07 Å². The Balaban J connectivity index is 0.000000336. The molecule has 0 aliphatic rings. The van der Waals surface area contributed by atoms with E-state index in [4.69, 9.17) is 25.0 Å². The second-order valence-corrected chi connectivity index (χ2v) is 3.20. The summed E-state index contributed by atoms with van der Waals surface area (Å²) in [7, 11) is -4.89. The molecule has 0 spiro atoms. The molecule has 0 aliphatic carbocycles. The van der Waals surface area contributed by atoms with Crippen LogP contribution in [-0.2, 0) is 4.57 Å². The summed E-state index contributed by atoms with van der Waals surface area (Å²) in [5, 5.41) is 10.1. The van der Waals surface area contributed by atoms with Crippen molar-refractivity contribution in [2.45, 2.75) is 0 Å². The molecule has 9 nitrogen and oxygen atoms in total. The Morgan fingerprint density at radius 2 is 2.00 bits per heavy atom. The van der Waals surface area contributed by atoms with Crippen molar-refractivity contribution in [3.63, 3.8) is 0 Å². The van der Waals surface area contributed by atoms with E-state index in [9.17, 15) is 10.1 Å². The quantitative estimate of drug-likeness (QED) is 0.301. The van der Waals surface area contributed by atoms with Crippen molar-refractivity contribution in [1.29, 1.82) is 0 Å². The Kier molecular flexibility index (Phi) is 4.82. The Morgan fingerprint density at radius 1 is 1.53 bits per heavy atom. The average Bonchev–Trinajstić information content (AvgIpc) is 2.01. The van der Waals surface area contributed by atoms with Crippen LogP contribution in [0.15, 0.2) is 18.3 Å². The van der Waals surface area contributed by atoms with Gasteiger partial charge in [-0.1, -0.05) is 0 Å². The molecular formula is C5H8N3O6P. The number of hydrogen-bond acceptors (Lipinski definition) is 5. The first kappa shape index (κ1) is 13.5. The molecule has 15 heavy (non-hydrogen) atoms. The van der Waals surface area contributed by atoms with E-state index in [0.717, 1.165) is 0 Å². The molecule has 1 rings (SSSR count). The van der Waals surface area contributed by atoms with E-state index < -0.39 is 12.7 Å². The summed E-state index contributed by atoms with van der Waals surface area (Å²) >= 11 is 0. The van der Waals surface area contributed by atoms with Crippen molar-refractivity contribution in [3.8, 4) is 0 Å². The SMILES string of the molecule is Nc1[nH+]cccc1[N+](=O)[O-].O=P([O-])(O)O. The second-order valence-electron chi connectivity index (χ2n) is 2.22. The largest absolute Gasteiger partial charge is 0.756 e. The van der Waals surface area contributed by atoms with Crippen LogP contribution >= 0.6 is 7.82 Å². The number of nitrogens with zero attached hydrogens (tertiary/aromatic N) is 1. The number of nitro groups is 1. The highest BCUT2D eigenvalue weighted by atomic mass is 31.2. The predicted molar refractivity (Wildman–Crippen MR) is 46.1 cm³/mol. The summed E-state index contributed by atoms with van der Waals surface area (Å²) in [5.74, 6) is 0.0764. The van der Waals surface area contributed by atoms with Crippen LogP contribution in [0.1, 0.15) is 0 Å². The van der Waals surface area contributed by atoms with Gasteiger partial charge in [-0.3, -0.25) is 20.4 Å². The van der Waals surface area contributed by atoms with Crippen LogP contribution in [0.4, 0.5) is 11.5 Å². The van der Waals surface area contributed by atoms with Gasteiger partial charge in [0.2, 0.25) is 0 Å². The molecule has 1 heterocycles. The number of phosphoric acid groups is 1. The van der Waals surface area contributed by atoms with Crippen molar-refractivity contribution < 1.29 is 29.2 Å². The summed E-state index contributed by atoms with van der Waals surface area (Å²) in [6, 6.07) is 2.86. The van der Waals surface area contributed by atoms with E-state index in [0.29, 0.717) is 0 Å². The molecule has 0 aliphatic heterocycles. The lowest BCUT2D eigenvalue weighted by Crippen LogP contribution is -2.11. The van der Waals surface area contributed by atoms with Gasteiger partial charge in [0.25, 0.3) is 7.82 Å². The third-order valence-corrected chi connectivity index (χ3v) is 1.06. The highest BCUT2D eigenvalue weighted by Crippen LogP contribution is 2.19. The van der Waals surface area contributed by atoms with Gasteiger partial charge in [-0.2, -0.15) is 0 Å². The summed E-state index contributed by atoms with van der Waals surface area (Å²) < 4.78 is 8.77. The monoisotopic (exact) mass is 237 g/mol.